The number of nitriles is 1. The van der Waals surface area contributed by atoms with Crippen molar-refractivity contribution < 1.29 is 0 Å². The van der Waals surface area contributed by atoms with Gasteiger partial charge in [-0.3, -0.25) is 0 Å². The van der Waals surface area contributed by atoms with E-state index < -0.39 is 0 Å². The summed E-state index contributed by atoms with van der Waals surface area (Å²) in [5, 5.41) is 12.9. The largest absolute Gasteiger partial charge is 0.368 e. The highest BCUT2D eigenvalue weighted by Crippen LogP contribution is 2.05. The van der Waals surface area contributed by atoms with Crippen LogP contribution in [0.1, 0.15) is 16.8 Å². The Kier molecular flexibility index (Phi) is 2.88. The average Bonchev–Trinajstić information content (AvgIpc) is 2.65. The minimum absolute atomic E-state index is 0.343. The molecule has 0 bridgehead atoms. The van der Waals surface area contributed by atoms with Crippen LogP contribution in [0.5, 0.6) is 0 Å². The quantitative estimate of drug-likeness (QED) is 0.787. The van der Waals surface area contributed by atoms with Gasteiger partial charge in [0.15, 0.2) is 0 Å². The third-order valence-electron chi connectivity index (χ3n) is 2.18. The van der Waals surface area contributed by atoms with Crippen LogP contribution in [-0.2, 0) is 0 Å². The van der Waals surface area contributed by atoms with Gasteiger partial charge in [0.25, 0.3) is 0 Å². The molecule has 2 rings (SSSR count). The average molecular weight is 225 g/mol. The number of hydrogen-bond donors (Lipinski definition) is 1. The van der Waals surface area contributed by atoms with Crippen molar-refractivity contribution in [2.24, 2.45) is 5.10 Å². The molecule has 0 saturated carbocycles. The van der Waals surface area contributed by atoms with Gasteiger partial charge in [-0.1, -0.05) is 12.1 Å². The van der Waals surface area contributed by atoms with Crippen molar-refractivity contribution in [3.8, 4) is 6.07 Å². The van der Waals surface area contributed by atoms with Crippen molar-refractivity contribution in [1.82, 2.24) is 9.66 Å². The van der Waals surface area contributed by atoms with Crippen molar-refractivity contribution in [3.05, 3.63) is 47.3 Å². The van der Waals surface area contributed by atoms with E-state index in [1.54, 1.807) is 24.5 Å². The zero-order chi connectivity index (χ0) is 12.3. The van der Waals surface area contributed by atoms with Crippen LogP contribution < -0.4 is 5.73 Å². The highest BCUT2D eigenvalue weighted by molar-refractivity contribution is 5.80. The van der Waals surface area contributed by atoms with Gasteiger partial charge in [-0.15, -0.1) is 0 Å². The maximum atomic E-state index is 8.77. The molecule has 0 aliphatic rings. The molecule has 1 aromatic carbocycles. The first kappa shape index (κ1) is 10.9. The molecule has 0 radical (unpaired) electrons. The van der Waals surface area contributed by atoms with E-state index in [0.29, 0.717) is 11.5 Å². The number of nitrogen functional groups attached to an aromatic ring is 1. The van der Waals surface area contributed by atoms with Crippen LogP contribution in [0.4, 0.5) is 5.95 Å². The first-order valence-electron chi connectivity index (χ1n) is 5.05. The molecular weight excluding hydrogens is 214 g/mol. The number of aromatic nitrogens is 2. The molecule has 2 N–H and O–H groups in total. The fourth-order valence-corrected chi connectivity index (χ4v) is 1.41. The zero-order valence-electron chi connectivity index (χ0n) is 9.33. The second kappa shape index (κ2) is 4.49. The van der Waals surface area contributed by atoms with E-state index in [2.05, 4.69) is 16.2 Å². The first-order chi connectivity index (χ1) is 8.19. The van der Waals surface area contributed by atoms with Gasteiger partial charge in [0.2, 0.25) is 5.95 Å². The van der Waals surface area contributed by atoms with Gasteiger partial charge < -0.3 is 5.73 Å². The molecular formula is C12H11N5. The lowest BCUT2D eigenvalue weighted by Crippen LogP contribution is -1.97. The van der Waals surface area contributed by atoms with E-state index in [1.807, 2.05) is 19.1 Å². The third-order valence-corrected chi connectivity index (χ3v) is 2.18. The van der Waals surface area contributed by atoms with Crippen molar-refractivity contribution in [3.63, 3.8) is 0 Å². The monoisotopic (exact) mass is 225 g/mol. The van der Waals surface area contributed by atoms with Crippen molar-refractivity contribution in [2.75, 3.05) is 5.73 Å². The molecule has 0 aliphatic carbocycles. The number of nitrogens with two attached hydrogens (primary N) is 1. The molecule has 0 spiro atoms. The summed E-state index contributed by atoms with van der Waals surface area (Å²) in [5.74, 6) is 0.343. The molecule has 0 amide bonds. The second-order valence-electron chi connectivity index (χ2n) is 3.57. The molecule has 17 heavy (non-hydrogen) atoms. The predicted octanol–water partition coefficient (Wildman–Crippen LogP) is 1.53. The lowest BCUT2D eigenvalue weighted by atomic mass is 10.1. The fraction of sp³-hybridized carbons (Fsp3) is 0.0833. The molecule has 0 atom stereocenters. The second-order valence-corrected chi connectivity index (χ2v) is 3.57. The van der Waals surface area contributed by atoms with Gasteiger partial charge >= 0.3 is 0 Å². The Morgan fingerprint density at radius 1 is 1.53 bits per heavy atom. The Hall–Kier alpha value is -2.61. The zero-order valence-corrected chi connectivity index (χ0v) is 9.33. The van der Waals surface area contributed by atoms with Crippen LogP contribution in [0.25, 0.3) is 0 Å². The fourth-order valence-electron chi connectivity index (χ4n) is 1.41. The van der Waals surface area contributed by atoms with E-state index in [-0.39, 0.29) is 0 Å². The number of hydrogen-bond acceptors (Lipinski definition) is 4. The van der Waals surface area contributed by atoms with Crippen molar-refractivity contribution >= 4 is 12.2 Å². The lowest BCUT2D eigenvalue weighted by molar-refractivity contribution is 0.897. The molecule has 0 fully saturated rings. The van der Waals surface area contributed by atoms with E-state index in [0.717, 1.165) is 11.3 Å². The number of benzene rings is 1. The predicted molar refractivity (Wildman–Crippen MR) is 65.5 cm³/mol. The molecule has 5 nitrogen and oxygen atoms in total. The van der Waals surface area contributed by atoms with Gasteiger partial charge in [0.1, 0.15) is 0 Å². The summed E-state index contributed by atoms with van der Waals surface area (Å²) in [6.45, 7) is 1.85. The van der Waals surface area contributed by atoms with Crippen LogP contribution in [0, 0.1) is 18.3 Å². The summed E-state index contributed by atoms with van der Waals surface area (Å²) in [7, 11) is 0. The van der Waals surface area contributed by atoms with Gasteiger partial charge in [-0.2, -0.15) is 10.4 Å². The van der Waals surface area contributed by atoms with E-state index in [1.165, 1.54) is 4.68 Å². The smallest absolute Gasteiger partial charge is 0.221 e. The molecule has 84 valence electrons. The van der Waals surface area contributed by atoms with E-state index in [4.69, 9.17) is 11.0 Å². The molecule has 0 saturated heterocycles. The minimum atomic E-state index is 0.343. The third kappa shape index (κ3) is 2.49. The number of rotatable bonds is 2. The summed E-state index contributed by atoms with van der Waals surface area (Å²) >= 11 is 0. The van der Waals surface area contributed by atoms with Gasteiger partial charge in [0, 0.05) is 0 Å². The van der Waals surface area contributed by atoms with Crippen LogP contribution in [-0.4, -0.2) is 15.9 Å². The SMILES string of the molecule is Cc1cn(N=Cc2cccc(C#N)c2)c(N)n1. The minimum Gasteiger partial charge on any atom is -0.368 e. The summed E-state index contributed by atoms with van der Waals surface area (Å²) in [6.07, 6.45) is 3.37. The standard InChI is InChI=1S/C12H11N5/c1-9-8-17(12(14)16-9)15-7-11-4-2-3-10(5-11)6-13/h2-5,7-8H,1H3,(H2,14,16). The van der Waals surface area contributed by atoms with Gasteiger partial charge in [0.05, 0.1) is 29.7 Å². The van der Waals surface area contributed by atoms with E-state index >= 15 is 0 Å². The summed E-state index contributed by atoms with van der Waals surface area (Å²) in [5.41, 5.74) is 7.90. The Balaban J connectivity index is 2.26. The first-order valence-corrected chi connectivity index (χ1v) is 5.05. The summed E-state index contributed by atoms with van der Waals surface area (Å²) < 4.78 is 1.49. The molecule has 2 aromatic rings. The van der Waals surface area contributed by atoms with Crippen LogP contribution >= 0.6 is 0 Å². The molecule has 5 heteroatoms. The Morgan fingerprint density at radius 2 is 2.35 bits per heavy atom. The maximum absolute atomic E-state index is 8.77. The summed E-state index contributed by atoms with van der Waals surface area (Å²) in [4.78, 5) is 4.03. The van der Waals surface area contributed by atoms with Crippen molar-refractivity contribution in [2.45, 2.75) is 6.92 Å². The Labute approximate surface area is 98.8 Å². The Bertz CT molecular complexity index is 604. The van der Waals surface area contributed by atoms with Crippen LogP contribution in [0.3, 0.4) is 0 Å². The lowest BCUT2D eigenvalue weighted by Gasteiger charge is -1.96. The van der Waals surface area contributed by atoms with Crippen molar-refractivity contribution in [1.29, 1.82) is 5.26 Å². The highest BCUT2D eigenvalue weighted by atomic mass is 15.4. The highest BCUT2D eigenvalue weighted by Gasteiger charge is 1.98. The van der Waals surface area contributed by atoms with Crippen LogP contribution in [0.2, 0.25) is 0 Å². The molecule has 1 heterocycles. The molecule has 1 aromatic heterocycles. The number of aryl methyl sites for hydroxylation is 1. The normalized spacial score (nSPS) is 10.6. The molecule has 0 unspecified atom stereocenters. The van der Waals surface area contributed by atoms with Crippen LogP contribution in [0.15, 0.2) is 35.6 Å². The maximum Gasteiger partial charge on any atom is 0.221 e. The van der Waals surface area contributed by atoms with E-state index in [9.17, 15) is 0 Å². The number of anilines is 1. The summed E-state index contributed by atoms with van der Waals surface area (Å²) in [6, 6.07) is 9.25. The topological polar surface area (TPSA) is 80.0 Å². The molecule has 0 aliphatic heterocycles. The number of nitrogens with zero attached hydrogens (tertiary/aromatic N) is 4. The number of imidazole rings is 1. The Morgan fingerprint density at radius 3 is 3.00 bits per heavy atom. The van der Waals surface area contributed by atoms with Gasteiger partial charge in [-0.05, 0) is 24.6 Å². The van der Waals surface area contributed by atoms with Gasteiger partial charge in [-0.25, -0.2) is 9.66 Å².